The van der Waals surface area contributed by atoms with Crippen LogP contribution in [0.3, 0.4) is 0 Å². The molecule has 0 aliphatic carbocycles. The molecule has 0 aromatic heterocycles. The minimum atomic E-state index is -0.408. The molecule has 1 aliphatic heterocycles. The Morgan fingerprint density at radius 3 is 2.51 bits per heavy atom. The van der Waals surface area contributed by atoms with E-state index in [1.807, 2.05) is 18.9 Å². The van der Waals surface area contributed by atoms with Gasteiger partial charge in [0.2, 0.25) is 31.0 Å². The molecule has 1 aromatic carbocycles. The summed E-state index contributed by atoms with van der Waals surface area (Å²) in [5, 5.41) is 7.75. The molecule has 5 amide bonds. The summed E-state index contributed by atoms with van der Waals surface area (Å²) in [5.41, 5.74) is 1.51. The molecule has 1 unspecified atom stereocenters. The Labute approximate surface area is 240 Å². The highest BCUT2D eigenvalue weighted by atomic mass is 16.5. The van der Waals surface area contributed by atoms with Crippen LogP contribution < -0.4 is 16.0 Å². The van der Waals surface area contributed by atoms with Crippen molar-refractivity contribution in [1.82, 2.24) is 25.3 Å². The molecule has 1 fully saturated rings. The summed E-state index contributed by atoms with van der Waals surface area (Å²) in [6.07, 6.45) is 4.90. The number of rotatable bonds is 20. The van der Waals surface area contributed by atoms with E-state index in [1.54, 1.807) is 18.2 Å². The van der Waals surface area contributed by atoms with Gasteiger partial charge in [0, 0.05) is 68.0 Å². The number of likely N-dealkylation sites (tertiary alicyclic amines) is 1. The van der Waals surface area contributed by atoms with Crippen molar-refractivity contribution >= 4 is 43.0 Å². The minimum absolute atomic E-state index is 0.0486. The maximum atomic E-state index is 12.8. The second-order valence-electron chi connectivity index (χ2n) is 10.1. The highest BCUT2D eigenvalue weighted by Gasteiger charge is 2.19. The summed E-state index contributed by atoms with van der Waals surface area (Å²) in [6, 6.07) is 5.21. The predicted molar refractivity (Wildman–Crippen MR) is 152 cm³/mol. The summed E-state index contributed by atoms with van der Waals surface area (Å²) in [4.78, 5) is 74.2. The van der Waals surface area contributed by atoms with Crippen LogP contribution in [0.4, 0.5) is 5.69 Å². The molecule has 41 heavy (non-hydrogen) atoms. The first kappa shape index (κ1) is 33.5. The van der Waals surface area contributed by atoms with Crippen LogP contribution in [0.5, 0.6) is 0 Å². The van der Waals surface area contributed by atoms with Crippen molar-refractivity contribution in [2.45, 2.75) is 51.2 Å². The molecule has 13 nitrogen and oxygen atoms in total. The number of ether oxygens (including phenoxy) is 1. The Hall–Kier alpha value is -3.68. The SMILES string of the molecule is CC(CCC(=O)NC=O)N(C)Cc1c(C=O)cccc1NC(=O)CN(C=O)CCOCCN1CCC(NC=O)CC1. The predicted octanol–water partition coefficient (Wildman–Crippen LogP) is -0.00390. The molecular weight excluding hydrogens is 532 g/mol. The van der Waals surface area contributed by atoms with Crippen LogP contribution in [0, 0.1) is 0 Å². The Kier molecular flexibility index (Phi) is 15.2. The third kappa shape index (κ3) is 12.2. The first-order valence-electron chi connectivity index (χ1n) is 13.8. The number of amides is 5. The first-order chi connectivity index (χ1) is 19.8. The van der Waals surface area contributed by atoms with Gasteiger partial charge >= 0.3 is 0 Å². The Morgan fingerprint density at radius 2 is 1.85 bits per heavy atom. The maximum absolute atomic E-state index is 12.8. The topological polar surface area (TPSA) is 157 Å². The van der Waals surface area contributed by atoms with Crippen molar-refractivity contribution in [2.75, 3.05) is 58.3 Å². The monoisotopic (exact) mass is 574 g/mol. The third-order valence-electron chi connectivity index (χ3n) is 7.24. The fourth-order valence-electron chi connectivity index (χ4n) is 4.55. The van der Waals surface area contributed by atoms with Gasteiger partial charge in [0.05, 0.1) is 19.8 Å². The number of nitrogens with one attached hydrogen (secondary N) is 3. The highest BCUT2D eigenvalue weighted by Crippen LogP contribution is 2.22. The van der Waals surface area contributed by atoms with Crippen LogP contribution in [-0.2, 0) is 35.3 Å². The van der Waals surface area contributed by atoms with Gasteiger partial charge in [0.1, 0.15) is 6.29 Å². The number of hydrogen-bond donors (Lipinski definition) is 3. The van der Waals surface area contributed by atoms with E-state index >= 15 is 0 Å². The summed E-state index contributed by atoms with van der Waals surface area (Å²) >= 11 is 0. The lowest BCUT2D eigenvalue weighted by Crippen LogP contribution is -2.43. The molecule has 1 saturated heterocycles. The van der Waals surface area contributed by atoms with Gasteiger partial charge in [-0.05, 0) is 39.3 Å². The van der Waals surface area contributed by atoms with Gasteiger partial charge in [-0.2, -0.15) is 0 Å². The highest BCUT2D eigenvalue weighted by molar-refractivity contribution is 5.95. The Morgan fingerprint density at radius 1 is 1.10 bits per heavy atom. The molecule has 1 atom stereocenters. The second kappa shape index (κ2) is 18.6. The average molecular weight is 575 g/mol. The van der Waals surface area contributed by atoms with Gasteiger partial charge in [0.25, 0.3) is 0 Å². The number of carbonyl (C=O) groups excluding carboxylic acids is 6. The Balaban J connectivity index is 1.82. The molecule has 0 spiro atoms. The molecule has 0 saturated carbocycles. The standard InChI is InChI=1S/C28H42N6O7/c1-22(6-7-27(39)30-20-37)32(2)16-25-23(18-35)4-3-5-26(25)31-28(40)17-34(21-38)13-15-41-14-12-33-10-8-24(9-11-33)29-19-36/h3-5,18-22,24H,6-17H2,1-2H3,(H,29,36)(H,31,40)(H,30,37,39). The molecule has 13 heteroatoms. The lowest BCUT2D eigenvalue weighted by Gasteiger charge is -2.31. The molecule has 3 N–H and O–H groups in total. The van der Waals surface area contributed by atoms with Gasteiger partial charge < -0.3 is 25.2 Å². The molecule has 226 valence electrons. The average Bonchev–Trinajstić information content (AvgIpc) is 2.97. The van der Waals surface area contributed by atoms with Crippen LogP contribution in [0.15, 0.2) is 18.2 Å². The first-order valence-corrected chi connectivity index (χ1v) is 13.8. The van der Waals surface area contributed by atoms with Crippen LogP contribution in [-0.4, -0.2) is 117 Å². The van der Waals surface area contributed by atoms with Gasteiger partial charge in [-0.3, -0.25) is 39.0 Å². The number of piperidine rings is 1. The van der Waals surface area contributed by atoms with Crippen molar-refractivity contribution in [3.05, 3.63) is 29.3 Å². The normalized spacial score (nSPS) is 14.6. The van der Waals surface area contributed by atoms with E-state index in [0.717, 1.165) is 45.2 Å². The summed E-state index contributed by atoms with van der Waals surface area (Å²) in [5.74, 6) is -0.772. The summed E-state index contributed by atoms with van der Waals surface area (Å²) in [6.45, 7) is 5.65. The van der Waals surface area contributed by atoms with E-state index in [0.29, 0.717) is 49.2 Å². The van der Waals surface area contributed by atoms with E-state index in [4.69, 9.17) is 4.74 Å². The summed E-state index contributed by atoms with van der Waals surface area (Å²) < 4.78 is 5.67. The van der Waals surface area contributed by atoms with Crippen molar-refractivity contribution in [2.24, 2.45) is 0 Å². The van der Waals surface area contributed by atoms with Gasteiger partial charge in [-0.1, -0.05) is 12.1 Å². The number of anilines is 1. The summed E-state index contributed by atoms with van der Waals surface area (Å²) in [7, 11) is 1.84. The van der Waals surface area contributed by atoms with Crippen molar-refractivity contribution < 1.29 is 33.5 Å². The van der Waals surface area contributed by atoms with Gasteiger partial charge in [-0.15, -0.1) is 0 Å². The van der Waals surface area contributed by atoms with E-state index < -0.39 is 5.91 Å². The largest absolute Gasteiger partial charge is 0.378 e. The smallest absolute Gasteiger partial charge is 0.243 e. The number of carbonyl (C=O) groups is 6. The molecular formula is C28H42N6O7. The van der Waals surface area contributed by atoms with Crippen LogP contribution in [0.2, 0.25) is 0 Å². The fourth-order valence-corrected chi connectivity index (χ4v) is 4.55. The van der Waals surface area contributed by atoms with Crippen LogP contribution in [0.1, 0.15) is 48.5 Å². The quantitative estimate of drug-likeness (QED) is 0.144. The molecule has 2 rings (SSSR count). The zero-order valence-electron chi connectivity index (χ0n) is 23.9. The molecule has 1 heterocycles. The number of aldehydes is 1. The lowest BCUT2D eigenvalue weighted by molar-refractivity contribution is -0.125. The molecule has 0 bridgehead atoms. The number of hydrogen-bond acceptors (Lipinski definition) is 9. The number of imide groups is 1. The minimum Gasteiger partial charge on any atom is -0.378 e. The maximum Gasteiger partial charge on any atom is 0.243 e. The van der Waals surface area contributed by atoms with E-state index in [-0.39, 0.29) is 44.1 Å². The number of benzene rings is 1. The van der Waals surface area contributed by atoms with Crippen molar-refractivity contribution in [3.63, 3.8) is 0 Å². The fraction of sp³-hybridized carbons (Fsp3) is 0.571. The van der Waals surface area contributed by atoms with E-state index in [9.17, 15) is 28.8 Å². The third-order valence-corrected chi connectivity index (χ3v) is 7.24. The lowest BCUT2D eigenvalue weighted by atomic mass is 10.0. The zero-order valence-corrected chi connectivity index (χ0v) is 23.9. The van der Waals surface area contributed by atoms with Crippen LogP contribution >= 0.6 is 0 Å². The van der Waals surface area contributed by atoms with E-state index in [2.05, 4.69) is 20.9 Å². The second-order valence-corrected chi connectivity index (χ2v) is 10.1. The Bertz CT molecular complexity index is 1020. The van der Waals surface area contributed by atoms with Crippen molar-refractivity contribution in [1.29, 1.82) is 0 Å². The number of nitrogens with zero attached hydrogens (tertiary/aromatic N) is 3. The zero-order chi connectivity index (χ0) is 30.0. The van der Waals surface area contributed by atoms with Gasteiger partial charge in [0.15, 0.2) is 0 Å². The molecule has 1 aromatic rings. The molecule has 1 aliphatic rings. The molecule has 0 radical (unpaired) electrons. The van der Waals surface area contributed by atoms with Gasteiger partial charge in [-0.25, -0.2) is 0 Å². The van der Waals surface area contributed by atoms with Crippen LogP contribution in [0.25, 0.3) is 0 Å². The van der Waals surface area contributed by atoms with E-state index in [1.165, 1.54) is 4.90 Å². The van der Waals surface area contributed by atoms with Crippen molar-refractivity contribution in [3.8, 4) is 0 Å².